The minimum absolute atomic E-state index is 0.133. The molecule has 0 saturated heterocycles. The fraction of sp³-hybridized carbons (Fsp3) is 0.118. The molecule has 0 bridgehead atoms. The van der Waals surface area contributed by atoms with Crippen molar-refractivity contribution < 1.29 is 14.3 Å². The van der Waals surface area contributed by atoms with Gasteiger partial charge in [-0.3, -0.25) is 4.79 Å². The van der Waals surface area contributed by atoms with Crippen LogP contribution in [0.2, 0.25) is 0 Å². The number of carbonyl (C=O) groups is 1. The van der Waals surface area contributed by atoms with Crippen molar-refractivity contribution in [2.75, 3.05) is 0 Å². The largest absolute Gasteiger partial charge is 0.483 e. The number of ketones is 1. The van der Waals surface area contributed by atoms with Crippen molar-refractivity contribution in [2.45, 2.75) is 13.0 Å². The molecule has 0 saturated carbocycles. The van der Waals surface area contributed by atoms with Crippen molar-refractivity contribution >= 4 is 5.78 Å². The maximum Gasteiger partial charge on any atom is 0.206 e. The van der Waals surface area contributed by atoms with Crippen LogP contribution in [0.25, 0.3) is 0 Å². The van der Waals surface area contributed by atoms with Crippen molar-refractivity contribution in [3.63, 3.8) is 0 Å². The summed E-state index contributed by atoms with van der Waals surface area (Å²) < 4.78 is 10.9. The zero-order valence-corrected chi connectivity index (χ0v) is 11.3. The summed E-state index contributed by atoms with van der Waals surface area (Å²) in [6.45, 7) is 5.23. The lowest BCUT2D eigenvalue weighted by Gasteiger charge is -2.15. The first-order valence-electron chi connectivity index (χ1n) is 6.35. The van der Waals surface area contributed by atoms with Crippen molar-refractivity contribution in [2.24, 2.45) is 0 Å². The van der Waals surface area contributed by atoms with Gasteiger partial charge in [0, 0.05) is 0 Å². The minimum atomic E-state index is -0.591. The predicted molar refractivity (Wildman–Crippen MR) is 78.1 cm³/mol. The van der Waals surface area contributed by atoms with E-state index in [0.29, 0.717) is 17.1 Å². The molecular weight excluding hydrogens is 252 g/mol. The molecule has 2 aromatic rings. The summed E-state index contributed by atoms with van der Waals surface area (Å²) in [7, 11) is 0. The van der Waals surface area contributed by atoms with E-state index in [1.165, 1.54) is 6.26 Å². The summed E-state index contributed by atoms with van der Waals surface area (Å²) in [5.74, 6) is 1.01. The van der Waals surface area contributed by atoms with E-state index in [0.717, 1.165) is 0 Å². The van der Waals surface area contributed by atoms with E-state index in [9.17, 15) is 4.79 Å². The quantitative estimate of drug-likeness (QED) is 0.589. The summed E-state index contributed by atoms with van der Waals surface area (Å²) >= 11 is 0. The number of para-hydroxylation sites is 2. The lowest BCUT2D eigenvalue weighted by Crippen LogP contribution is -2.24. The number of carbonyl (C=O) groups excluding carboxylic acids is 1. The summed E-state index contributed by atoms with van der Waals surface area (Å²) in [4.78, 5) is 12.4. The third-order valence-electron chi connectivity index (χ3n) is 2.79. The van der Waals surface area contributed by atoms with Crippen LogP contribution >= 0.6 is 0 Å². The topological polar surface area (TPSA) is 35.5 Å². The van der Waals surface area contributed by atoms with E-state index in [4.69, 9.17) is 9.47 Å². The highest BCUT2D eigenvalue weighted by atomic mass is 16.5. The van der Waals surface area contributed by atoms with Crippen LogP contribution in [0, 0.1) is 0 Å². The normalized spacial score (nSPS) is 11.4. The van der Waals surface area contributed by atoms with Gasteiger partial charge in [0.1, 0.15) is 11.5 Å². The smallest absolute Gasteiger partial charge is 0.206 e. The van der Waals surface area contributed by atoms with Crippen LogP contribution in [0.5, 0.6) is 11.5 Å². The molecular formula is C17H16O3. The molecule has 20 heavy (non-hydrogen) atoms. The fourth-order valence-corrected chi connectivity index (χ4v) is 1.84. The average Bonchev–Trinajstić information content (AvgIpc) is 2.48. The van der Waals surface area contributed by atoms with Gasteiger partial charge in [0.25, 0.3) is 0 Å². The van der Waals surface area contributed by atoms with Crippen molar-refractivity contribution in [1.29, 1.82) is 0 Å². The van der Waals surface area contributed by atoms with Gasteiger partial charge < -0.3 is 9.47 Å². The molecule has 0 aliphatic rings. The van der Waals surface area contributed by atoms with Crippen LogP contribution in [0.15, 0.2) is 67.4 Å². The third kappa shape index (κ3) is 3.26. The molecule has 0 fully saturated rings. The molecule has 0 aliphatic heterocycles. The third-order valence-corrected chi connectivity index (χ3v) is 2.79. The second-order valence-corrected chi connectivity index (χ2v) is 4.22. The van der Waals surface area contributed by atoms with E-state index in [2.05, 4.69) is 6.58 Å². The second kappa shape index (κ2) is 6.57. The SMILES string of the molecule is C=COc1ccccc1C(=O)[C@H](C)Oc1ccccc1. The Bertz CT molecular complexity index is 590. The van der Waals surface area contributed by atoms with Gasteiger partial charge in [-0.1, -0.05) is 36.9 Å². The minimum Gasteiger partial charge on any atom is -0.483 e. The molecule has 0 N–H and O–H groups in total. The fourth-order valence-electron chi connectivity index (χ4n) is 1.84. The number of Topliss-reactive ketones (excluding diaryl/α,β-unsaturated/α-hetero) is 1. The lowest BCUT2D eigenvalue weighted by molar-refractivity contribution is 0.0815. The van der Waals surface area contributed by atoms with Gasteiger partial charge >= 0.3 is 0 Å². The molecule has 1 atom stereocenters. The molecule has 0 heterocycles. The molecule has 2 rings (SSSR count). The summed E-state index contributed by atoms with van der Waals surface area (Å²) in [6.07, 6.45) is 0.710. The van der Waals surface area contributed by atoms with Gasteiger partial charge in [-0.25, -0.2) is 0 Å². The van der Waals surface area contributed by atoms with Gasteiger partial charge in [0.2, 0.25) is 5.78 Å². The highest BCUT2D eigenvalue weighted by molar-refractivity contribution is 6.01. The molecule has 0 spiro atoms. The van der Waals surface area contributed by atoms with Crippen LogP contribution < -0.4 is 9.47 Å². The summed E-state index contributed by atoms with van der Waals surface area (Å²) in [5, 5.41) is 0. The first-order valence-corrected chi connectivity index (χ1v) is 6.35. The van der Waals surface area contributed by atoms with E-state index in [1.54, 1.807) is 31.2 Å². The Balaban J connectivity index is 2.16. The monoisotopic (exact) mass is 268 g/mol. The van der Waals surface area contributed by atoms with Crippen LogP contribution in [0.4, 0.5) is 0 Å². The average molecular weight is 268 g/mol. The molecule has 3 heteroatoms. The highest BCUT2D eigenvalue weighted by Gasteiger charge is 2.20. The summed E-state index contributed by atoms with van der Waals surface area (Å²) in [6, 6.07) is 16.3. The van der Waals surface area contributed by atoms with E-state index >= 15 is 0 Å². The molecule has 0 amide bonds. The Morgan fingerprint density at radius 3 is 2.45 bits per heavy atom. The number of hydrogen-bond acceptors (Lipinski definition) is 3. The first-order chi connectivity index (χ1) is 9.72. The number of hydrogen-bond donors (Lipinski definition) is 0. The van der Waals surface area contributed by atoms with Crippen molar-refractivity contribution in [3.05, 3.63) is 73.0 Å². The van der Waals surface area contributed by atoms with Crippen LogP contribution in [0.3, 0.4) is 0 Å². The van der Waals surface area contributed by atoms with Crippen LogP contribution in [0.1, 0.15) is 17.3 Å². The molecule has 0 unspecified atom stereocenters. The number of ether oxygens (including phenoxy) is 2. The van der Waals surface area contributed by atoms with Gasteiger partial charge in [0.05, 0.1) is 11.8 Å². The Morgan fingerprint density at radius 2 is 1.75 bits per heavy atom. The molecule has 2 aromatic carbocycles. The van der Waals surface area contributed by atoms with E-state index in [-0.39, 0.29) is 5.78 Å². The molecule has 3 nitrogen and oxygen atoms in total. The Labute approximate surface area is 118 Å². The maximum absolute atomic E-state index is 12.4. The summed E-state index contributed by atoms with van der Waals surface area (Å²) in [5.41, 5.74) is 0.482. The Kier molecular flexibility index (Phi) is 4.56. The molecule has 0 aliphatic carbocycles. The van der Waals surface area contributed by atoms with Crippen LogP contribution in [-0.2, 0) is 0 Å². The molecule has 0 aromatic heterocycles. The Morgan fingerprint density at radius 1 is 1.10 bits per heavy atom. The maximum atomic E-state index is 12.4. The van der Waals surface area contributed by atoms with Gasteiger partial charge in [-0.05, 0) is 31.2 Å². The van der Waals surface area contributed by atoms with Gasteiger partial charge in [-0.2, -0.15) is 0 Å². The van der Waals surface area contributed by atoms with E-state index in [1.807, 2.05) is 30.3 Å². The number of rotatable bonds is 6. The lowest BCUT2D eigenvalue weighted by atomic mass is 10.1. The molecule has 102 valence electrons. The van der Waals surface area contributed by atoms with Gasteiger partial charge in [-0.15, -0.1) is 0 Å². The molecule has 0 radical (unpaired) electrons. The number of benzene rings is 2. The standard InChI is InChI=1S/C17H16O3/c1-3-19-16-12-8-7-11-15(16)17(18)13(2)20-14-9-5-4-6-10-14/h3-13H,1H2,2H3/t13-/m0/s1. The zero-order chi connectivity index (χ0) is 14.4. The highest BCUT2D eigenvalue weighted by Crippen LogP contribution is 2.21. The predicted octanol–water partition coefficient (Wildman–Crippen LogP) is 3.86. The van der Waals surface area contributed by atoms with Crippen molar-refractivity contribution in [1.82, 2.24) is 0 Å². The van der Waals surface area contributed by atoms with Crippen LogP contribution in [-0.4, -0.2) is 11.9 Å². The Hall–Kier alpha value is -2.55. The van der Waals surface area contributed by atoms with E-state index < -0.39 is 6.10 Å². The first kappa shape index (κ1) is 13.9. The second-order valence-electron chi connectivity index (χ2n) is 4.22. The van der Waals surface area contributed by atoms with Crippen molar-refractivity contribution in [3.8, 4) is 11.5 Å². The zero-order valence-electron chi connectivity index (χ0n) is 11.3. The van der Waals surface area contributed by atoms with Gasteiger partial charge in [0.15, 0.2) is 6.10 Å².